The van der Waals surface area contributed by atoms with Gasteiger partial charge in [0.1, 0.15) is 13.5 Å². The normalized spacial score (nSPS) is 10.7. The first kappa shape index (κ1) is 20.6. The number of rotatable bonds is 7. The van der Waals surface area contributed by atoms with Crippen molar-refractivity contribution in [2.75, 3.05) is 19.0 Å². The van der Waals surface area contributed by atoms with Crippen molar-refractivity contribution in [2.45, 2.75) is 12.8 Å². The average molecular weight is 409 g/mol. The van der Waals surface area contributed by atoms with Crippen LogP contribution in [0.1, 0.15) is 22.3 Å². The van der Waals surface area contributed by atoms with E-state index in [4.69, 9.17) is 14.7 Å². The van der Waals surface area contributed by atoms with Crippen molar-refractivity contribution in [2.24, 2.45) is 0 Å². The molecule has 0 saturated heterocycles. The molecule has 1 aromatic heterocycles. The van der Waals surface area contributed by atoms with Crippen LogP contribution in [-0.4, -0.2) is 37.4 Å². The van der Waals surface area contributed by atoms with Crippen molar-refractivity contribution in [3.05, 3.63) is 83.9 Å². The lowest BCUT2D eigenvalue weighted by atomic mass is 9.89. The molecule has 0 aliphatic heterocycles. The zero-order chi connectivity index (χ0) is 21.6. The molecule has 0 amide bonds. The minimum Gasteiger partial charge on any atom is -0.465 e. The number of aromatic nitrogens is 2. The lowest BCUT2D eigenvalue weighted by Crippen LogP contribution is -2.12. The predicted octanol–water partition coefficient (Wildman–Crippen LogP) is 3.39. The highest BCUT2D eigenvalue weighted by atomic mass is 16.5. The third kappa shape index (κ3) is 4.74. The van der Waals surface area contributed by atoms with Gasteiger partial charge in [0.05, 0.1) is 23.7 Å². The second kappa shape index (κ2) is 9.43. The minimum atomic E-state index is -0.386. The van der Waals surface area contributed by atoms with E-state index in [0.717, 1.165) is 36.2 Å². The van der Waals surface area contributed by atoms with Crippen LogP contribution < -0.4 is 10.8 Å². The monoisotopic (exact) mass is 409 g/mol. The summed E-state index contributed by atoms with van der Waals surface area (Å²) in [7, 11) is 3.52. The van der Waals surface area contributed by atoms with Gasteiger partial charge < -0.3 is 10.1 Å². The van der Waals surface area contributed by atoms with Crippen LogP contribution in [0.2, 0.25) is 0 Å². The van der Waals surface area contributed by atoms with E-state index >= 15 is 0 Å². The Morgan fingerprint density at radius 2 is 1.74 bits per heavy atom. The molecule has 1 heterocycles. The number of nitrogens with one attached hydrogen (secondary N) is 1. The summed E-state index contributed by atoms with van der Waals surface area (Å²) in [5.41, 5.74) is 6.32. The van der Waals surface area contributed by atoms with E-state index in [9.17, 15) is 4.79 Å². The lowest BCUT2D eigenvalue weighted by molar-refractivity contribution is 0.0601. The van der Waals surface area contributed by atoms with Crippen molar-refractivity contribution < 1.29 is 9.53 Å². The summed E-state index contributed by atoms with van der Waals surface area (Å²) in [5, 5.41) is 3.47. The third-order valence-electron chi connectivity index (χ3n) is 5.31. The van der Waals surface area contributed by atoms with Crippen LogP contribution in [0, 0.1) is 0 Å². The number of aryl methyl sites for hydroxylation is 1. The molecule has 4 rings (SSSR count). The van der Waals surface area contributed by atoms with Crippen molar-refractivity contribution in [1.29, 1.82) is 0 Å². The topological polar surface area (TPSA) is 64.1 Å². The third-order valence-corrected chi connectivity index (χ3v) is 5.31. The zero-order valence-corrected chi connectivity index (χ0v) is 17.8. The standard InChI is InChI=1S/C25H24BN3O2/c1-31-25(30)19-13-14-21-22(16-19)29-24(23(28-21)18-9-3-2-4-10-18)27-15-7-11-17-8-5-6-12-20(17)26/h2-6,8-10,12-14,16H,7,11,15,26H2,1H3,(H,27,29). The van der Waals surface area contributed by atoms with Gasteiger partial charge in [0, 0.05) is 12.1 Å². The lowest BCUT2D eigenvalue weighted by Gasteiger charge is -2.13. The Kier molecular flexibility index (Phi) is 6.27. The number of carbonyl (C=O) groups excluding carboxylic acids is 1. The Bertz CT molecular complexity index is 1210. The molecule has 31 heavy (non-hydrogen) atoms. The summed E-state index contributed by atoms with van der Waals surface area (Å²) in [5.74, 6) is 0.328. The molecule has 1 N–H and O–H groups in total. The molecule has 0 radical (unpaired) electrons. The molecular weight excluding hydrogens is 385 g/mol. The molecular formula is C25H24BN3O2. The maximum Gasteiger partial charge on any atom is 0.337 e. The molecule has 0 saturated carbocycles. The number of esters is 1. The first-order valence-corrected chi connectivity index (χ1v) is 10.4. The molecule has 0 unspecified atom stereocenters. The van der Waals surface area contributed by atoms with Crippen molar-refractivity contribution in [1.82, 2.24) is 9.97 Å². The highest BCUT2D eigenvalue weighted by Crippen LogP contribution is 2.27. The SMILES string of the molecule is Bc1ccccc1CCCNc1nc2cc(C(=O)OC)ccc2nc1-c1ccccc1. The molecule has 0 bridgehead atoms. The fraction of sp³-hybridized carbons (Fsp3) is 0.160. The van der Waals surface area contributed by atoms with E-state index in [1.165, 1.54) is 18.1 Å². The van der Waals surface area contributed by atoms with E-state index in [-0.39, 0.29) is 5.97 Å². The number of hydrogen-bond donors (Lipinski definition) is 1. The first-order chi connectivity index (χ1) is 15.2. The molecule has 0 atom stereocenters. The van der Waals surface area contributed by atoms with E-state index < -0.39 is 0 Å². The average Bonchev–Trinajstić information content (AvgIpc) is 2.82. The Balaban J connectivity index is 1.62. The maximum atomic E-state index is 11.9. The van der Waals surface area contributed by atoms with Gasteiger partial charge in [-0.15, -0.1) is 0 Å². The number of anilines is 1. The van der Waals surface area contributed by atoms with E-state index in [1.807, 2.05) is 36.4 Å². The van der Waals surface area contributed by atoms with Gasteiger partial charge in [0.2, 0.25) is 0 Å². The van der Waals surface area contributed by atoms with Gasteiger partial charge in [0.15, 0.2) is 5.82 Å². The Morgan fingerprint density at radius 1 is 0.968 bits per heavy atom. The van der Waals surface area contributed by atoms with Crippen molar-refractivity contribution in [3.63, 3.8) is 0 Å². The van der Waals surface area contributed by atoms with E-state index in [0.29, 0.717) is 16.9 Å². The quantitative estimate of drug-likeness (QED) is 0.288. The molecule has 154 valence electrons. The minimum absolute atomic E-state index is 0.386. The number of methoxy groups -OCH3 is 1. The maximum absolute atomic E-state index is 11.9. The van der Waals surface area contributed by atoms with E-state index in [2.05, 4.69) is 37.4 Å². The number of carbonyl (C=O) groups is 1. The molecule has 6 heteroatoms. The summed E-state index contributed by atoms with van der Waals surface area (Å²) in [6, 6.07) is 23.7. The van der Waals surface area contributed by atoms with Gasteiger partial charge in [0.25, 0.3) is 0 Å². The Hall–Kier alpha value is -3.67. The summed E-state index contributed by atoms with van der Waals surface area (Å²) in [6.45, 7) is 0.769. The van der Waals surface area contributed by atoms with Gasteiger partial charge in [-0.1, -0.05) is 65.6 Å². The zero-order valence-electron chi connectivity index (χ0n) is 17.8. The number of benzene rings is 3. The molecule has 0 fully saturated rings. The van der Waals surface area contributed by atoms with Crippen LogP contribution in [0.15, 0.2) is 72.8 Å². The van der Waals surface area contributed by atoms with Crippen LogP contribution in [0.4, 0.5) is 5.82 Å². The van der Waals surface area contributed by atoms with Gasteiger partial charge in [-0.25, -0.2) is 14.8 Å². The number of ether oxygens (including phenoxy) is 1. The van der Waals surface area contributed by atoms with Crippen LogP contribution in [-0.2, 0) is 11.2 Å². The molecule has 0 aliphatic rings. The summed E-state index contributed by atoms with van der Waals surface area (Å²) in [4.78, 5) is 21.6. The van der Waals surface area contributed by atoms with Crippen molar-refractivity contribution in [3.8, 4) is 11.3 Å². The highest BCUT2D eigenvalue weighted by Gasteiger charge is 2.13. The predicted molar refractivity (Wildman–Crippen MR) is 128 cm³/mol. The molecule has 4 aromatic rings. The second-order valence-corrected chi connectivity index (χ2v) is 7.44. The fourth-order valence-electron chi connectivity index (χ4n) is 3.60. The number of hydrogen-bond acceptors (Lipinski definition) is 5. The first-order valence-electron chi connectivity index (χ1n) is 10.4. The van der Waals surface area contributed by atoms with Crippen molar-refractivity contribution >= 4 is 36.1 Å². The summed E-state index contributed by atoms with van der Waals surface area (Å²) in [6.07, 6.45) is 1.97. The van der Waals surface area contributed by atoms with Crippen LogP contribution in [0.25, 0.3) is 22.3 Å². The van der Waals surface area contributed by atoms with Crippen LogP contribution >= 0.6 is 0 Å². The highest BCUT2D eigenvalue weighted by molar-refractivity contribution is 6.33. The van der Waals surface area contributed by atoms with Gasteiger partial charge in [-0.2, -0.15) is 0 Å². The number of nitrogens with zero attached hydrogens (tertiary/aromatic N) is 2. The second-order valence-electron chi connectivity index (χ2n) is 7.44. The van der Waals surface area contributed by atoms with Gasteiger partial charge in [-0.05, 0) is 31.0 Å². The number of fused-ring (bicyclic) bond motifs is 1. The molecule has 5 nitrogen and oxygen atoms in total. The van der Waals surface area contributed by atoms with E-state index in [1.54, 1.807) is 12.1 Å². The Morgan fingerprint density at radius 3 is 2.52 bits per heavy atom. The summed E-state index contributed by atoms with van der Waals surface area (Å²) < 4.78 is 4.84. The summed E-state index contributed by atoms with van der Waals surface area (Å²) >= 11 is 0. The van der Waals surface area contributed by atoms with Gasteiger partial charge in [-0.3, -0.25) is 0 Å². The smallest absolute Gasteiger partial charge is 0.337 e. The Labute approximate surface area is 182 Å². The van der Waals surface area contributed by atoms with Gasteiger partial charge >= 0.3 is 5.97 Å². The fourth-order valence-corrected chi connectivity index (χ4v) is 3.60. The molecule has 0 spiro atoms. The molecule has 0 aliphatic carbocycles. The molecule has 3 aromatic carbocycles. The largest absolute Gasteiger partial charge is 0.465 e. The van der Waals surface area contributed by atoms with Crippen LogP contribution in [0.5, 0.6) is 0 Å². The van der Waals surface area contributed by atoms with Crippen LogP contribution in [0.3, 0.4) is 0 Å².